The zero-order valence-electron chi connectivity index (χ0n) is 9.70. The molecular weight excluding hydrogens is 243 g/mol. The van der Waals surface area contributed by atoms with Crippen LogP contribution < -0.4 is 5.32 Å². The van der Waals surface area contributed by atoms with Crippen LogP contribution in [0.1, 0.15) is 23.5 Å². The molecule has 1 heterocycles. The highest BCUT2D eigenvalue weighted by Gasteiger charge is 2.37. The van der Waals surface area contributed by atoms with Gasteiger partial charge in [-0.2, -0.15) is 13.2 Å². The van der Waals surface area contributed by atoms with Gasteiger partial charge in [-0.25, -0.2) is 0 Å². The van der Waals surface area contributed by atoms with Crippen molar-refractivity contribution in [3.05, 3.63) is 35.4 Å². The molecule has 1 aliphatic rings. The lowest BCUT2D eigenvalue weighted by atomic mass is 9.84. The Morgan fingerprint density at radius 1 is 1.33 bits per heavy atom. The molecule has 0 radical (unpaired) electrons. The number of hydrogen-bond acceptors (Lipinski definition) is 2. The molecular formula is C13H14F3NO. The van der Waals surface area contributed by atoms with Crippen LogP contribution in [0.2, 0.25) is 0 Å². The summed E-state index contributed by atoms with van der Waals surface area (Å²) in [5.41, 5.74) is -0.609. The third-order valence-corrected chi connectivity index (χ3v) is 3.38. The maximum atomic E-state index is 12.9. The minimum absolute atomic E-state index is 0.0500. The molecule has 98 valence electrons. The van der Waals surface area contributed by atoms with Gasteiger partial charge in [0.15, 0.2) is 0 Å². The van der Waals surface area contributed by atoms with Crippen molar-refractivity contribution >= 4 is 6.29 Å². The lowest BCUT2D eigenvalue weighted by Gasteiger charge is -2.21. The molecule has 2 nitrogen and oxygen atoms in total. The van der Waals surface area contributed by atoms with Gasteiger partial charge in [-0.15, -0.1) is 0 Å². The van der Waals surface area contributed by atoms with E-state index >= 15 is 0 Å². The molecule has 0 aromatic heterocycles. The first-order chi connectivity index (χ1) is 8.54. The first-order valence-corrected chi connectivity index (χ1v) is 5.86. The van der Waals surface area contributed by atoms with Crippen molar-refractivity contribution in [1.82, 2.24) is 5.32 Å². The van der Waals surface area contributed by atoms with Crippen LogP contribution in [-0.4, -0.2) is 19.4 Å². The molecule has 1 aromatic rings. The van der Waals surface area contributed by atoms with Crippen molar-refractivity contribution in [1.29, 1.82) is 0 Å². The van der Waals surface area contributed by atoms with Crippen molar-refractivity contribution in [2.45, 2.75) is 18.5 Å². The Morgan fingerprint density at radius 2 is 2.06 bits per heavy atom. The van der Waals surface area contributed by atoms with Gasteiger partial charge in [0.25, 0.3) is 0 Å². The smallest absolute Gasteiger partial charge is 0.316 e. The number of rotatable bonds is 3. The number of alkyl halides is 3. The van der Waals surface area contributed by atoms with Crippen LogP contribution >= 0.6 is 0 Å². The van der Waals surface area contributed by atoms with E-state index in [0.29, 0.717) is 12.8 Å². The number of carbonyl (C=O) groups excluding carboxylic acids is 1. The molecule has 1 aromatic carbocycles. The first kappa shape index (κ1) is 13.1. The average molecular weight is 257 g/mol. The molecule has 18 heavy (non-hydrogen) atoms. The fourth-order valence-corrected chi connectivity index (χ4v) is 2.47. The van der Waals surface area contributed by atoms with Gasteiger partial charge in [0.05, 0.1) is 5.56 Å². The molecule has 0 spiro atoms. The third kappa shape index (κ3) is 2.56. The van der Waals surface area contributed by atoms with E-state index in [-0.39, 0.29) is 11.5 Å². The van der Waals surface area contributed by atoms with E-state index in [1.807, 2.05) is 0 Å². The number of benzene rings is 1. The third-order valence-electron chi connectivity index (χ3n) is 3.38. The molecule has 2 rings (SSSR count). The molecule has 2 unspecified atom stereocenters. The van der Waals surface area contributed by atoms with Gasteiger partial charge in [-0.3, -0.25) is 0 Å². The van der Waals surface area contributed by atoms with Gasteiger partial charge in [0, 0.05) is 5.92 Å². The van der Waals surface area contributed by atoms with E-state index in [2.05, 4.69) is 5.32 Å². The fourth-order valence-electron chi connectivity index (χ4n) is 2.47. The Balaban J connectivity index is 2.38. The van der Waals surface area contributed by atoms with Crippen LogP contribution in [0.15, 0.2) is 24.3 Å². The number of halogens is 3. The summed E-state index contributed by atoms with van der Waals surface area (Å²) in [6.07, 6.45) is -3.04. The summed E-state index contributed by atoms with van der Waals surface area (Å²) in [4.78, 5) is 11.2. The normalized spacial score (nSPS) is 21.8. The lowest BCUT2D eigenvalue weighted by molar-refractivity contribution is -0.138. The predicted octanol–water partition coefficient (Wildman–Crippen LogP) is 2.60. The second kappa shape index (κ2) is 5.10. The van der Waals surface area contributed by atoms with Gasteiger partial charge in [-0.1, -0.05) is 18.2 Å². The van der Waals surface area contributed by atoms with Crippen LogP contribution in [0, 0.1) is 5.92 Å². The molecule has 0 bridgehead atoms. The molecule has 0 amide bonds. The number of hydrogen-bond donors (Lipinski definition) is 1. The minimum atomic E-state index is -4.41. The first-order valence-electron chi connectivity index (χ1n) is 5.86. The molecule has 1 fully saturated rings. The van der Waals surface area contributed by atoms with E-state index in [1.54, 1.807) is 6.07 Å². The zero-order valence-corrected chi connectivity index (χ0v) is 9.70. The van der Waals surface area contributed by atoms with E-state index in [4.69, 9.17) is 0 Å². The van der Waals surface area contributed by atoms with Gasteiger partial charge in [0.1, 0.15) is 6.29 Å². The van der Waals surface area contributed by atoms with E-state index in [0.717, 1.165) is 19.0 Å². The van der Waals surface area contributed by atoms with Crippen LogP contribution in [-0.2, 0) is 11.0 Å². The Kier molecular flexibility index (Phi) is 3.71. The summed E-state index contributed by atoms with van der Waals surface area (Å²) in [5, 5.41) is 3.07. The Morgan fingerprint density at radius 3 is 2.61 bits per heavy atom. The second-order valence-electron chi connectivity index (χ2n) is 4.50. The van der Waals surface area contributed by atoms with Crippen molar-refractivity contribution in [3.63, 3.8) is 0 Å². The summed E-state index contributed by atoms with van der Waals surface area (Å²) in [5.74, 6) is -0.733. The Bertz CT molecular complexity index is 424. The molecule has 1 saturated heterocycles. The Labute approximate surface area is 103 Å². The molecule has 5 heteroatoms. The summed E-state index contributed by atoms with van der Waals surface area (Å²) in [7, 11) is 0. The molecule has 1 N–H and O–H groups in total. The topological polar surface area (TPSA) is 29.1 Å². The SMILES string of the molecule is O=CC(c1ccccc1C(F)(F)F)C1CCNC1. The Hall–Kier alpha value is -1.36. The fraction of sp³-hybridized carbons (Fsp3) is 0.462. The van der Waals surface area contributed by atoms with Crippen molar-refractivity contribution in [2.75, 3.05) is 13.1 Å². The summed E-state index contributed by atoms with van der Waals surface area (Å²) >= 11 is 0. The van der Waals surface area contributed by atoms with Crippen molar-refractivity contribution in [3.8, 4) is 0 Å². The van der Waals surface area contributed by atoms with E-state index in [1.165, 1.54) is 12.1 Å². The van der Waals surface area contributed by atoms with Crippen molar-refractivity contribution in [2.24, 2.45) is 5.92 Å². The number of carbonyl (C=O) groups is 1. The van der Waals surface area contributed by atoms with Crippen LogP contribution in [0.4, 0.5) is 13.2 Å². The molecule has 0 saturated carbocycles. The monoisotopic (exact) mass is 257 g/mol. The van der Waals surface area contributed by atoms with Gasteiger partial charge < -0.3 is 10.1 Å². The van der Waals surface area contributed by atoms with Crippen LogP contribution in [0.25, 0.3) is 0 Å². The highest BCUT2D eigenvalue weighted by Crippen LogP contribution is 2.37. The second-order valence-corrected chi connectivity index (χ2v) is 4.50. The maximum Gasteiger partial charge on any atom is 0.416 e. The lowest BCUT2D eigenvalue weighted by Crippen LogP contribution is -2.21. The summed E-state index contributed by atoms with van der Waals surface area (Å²) < 4.78 is 38.7. The minimum Gasteiger partial charge on any atom is -0.316 e. The molecule has 0 aliphatic carbocycles. The van der Waals surface area contributed by atoms with Crippen LogP contribution in [0.5, 0.6) is 0 Å². The van der Waals surface area contributed by atoms with Gasteiger partial charge in [0.2, 0.25) is 0 Å². The standard InChI is InChI=1S/C13H14F3NO/c14-13(15,16)12-4-2-1-3-10(12)11(8-18)9-5-6-17-7-9/h1-4,8-9,11,17H,5-7H2. The molecule has 1 aliphatic heterocycles. The molecule has 2 atom stereocenters. The largest absolute Gasteiger partial charge is 0.416 e. The number of nitrogens with one attached hydrogen (secondary N) is 1. The quantitative estimate of drug-likeness (QED) is 0.843. The average Bonchev–Trinajstić information content (AvgIpc) is 2.83. The van der Waals surface area contributed by atoms with E-state index in [9.17, 15) is 18.0 Å². The van der Waals surface area contributed by atoms with Crippen molar-refractivity contribution < 1.29 is 18.0 Å². The number of aldehydes is 1. The van der Waals surface area contributed by atoms with Gasteiger partial charge in [-0.05, 0) is 37.1 Å². The zero-order chi connectivity index (χ0) is 13.2. The maximum absolute atomic E-state index is 12.9. The summed E-state index contributed by atoms with van der Waals surface area (Å²) in [6, 6.07) is 5.33. The highest BCUT2D eigenvalue weighted by atomic mass is 19.4. The summed E-state index contributed by atoms with van der Waals surface area (Å²) in [6.45, 7) is 1.35. The van der Waals surface area contributed by atoms with Crippen LogP contribution in [0.3, 0.4) is 0 Å². The van der Waals surface area contributed by atoms with E-state index < -0.39 is 17.7 Å². The van der Waals surface area contributed by atoms with Gasteiger partial charge >= 0.3 is 6.18 Å². The predicted molar refractivity (Wildman–Crippen MR) is 61.2 cm³/mol. The highest BCUT2D eigenvalue weighted by molar-refractivity contribution is 5.64.